The molecule has 0 spiro atoms. The molecule has 4 aromatic carbocycles. The fraction of sp³-hybridized carbons (Fsp3) is 0.448. The normalized spacial score (nSPS) is 20.6. The van der Waals surface area contributed by atoms with Crippen molar-refractivity contribution in [3.8, 4) is 40.6 Å². The van der Waals surface area contributed by atoms with Crippen LogP contribution in [0.2, 0.25) is 23.2 Å². The Bertz CT molecular complexity index is 3350. The standard InChI is InChI=1S/C58H70BrClN8O17Si/c1-28(2)21-37(67(9)56(76)84-57(3,4)5)51(71)65-45-47(69)30-16-20-40(36(24-30)68(77)78)83-42-26-32-25-41(49(42)80-11)82-39-19-17-31(23-34(39)60)48(85-86(13,14)58(6,7)8)46(55(75)81-12)66-52(72)43(29-15-18-38(79-10)33(59)22-29)64-53(73)44(32)63-50(70)35(27-61)62-54(45)74/h15-20,22-26,28,35,37,43-48,69H,21H2,1-14H3,(H,62,74)(H,63,70)(H,64,73)(H,65,71)(H,66,72)/t35-,37+,43+,44+,45+,46-,47+,48+/m0/s1. The van der Waals surface area contributed by atoms with Crippen LogP contribution >= 0.6 is 27.5 Å². The summed E-state index contributed by atoms with van der Waals surface area (Å²) in [4.78, 5) is 115. The van der Waals surface area contributed by atoms with Crippen molar-refractivity contribution >= 4 is 83.1 Å². The molecule has 25 nitrogen and oxygen atoms in total. The summed E-state index contributed by atoms with van der Waals surface area (Å²) < 4.78 is 42.1. The minimum absolute atomic E-state index is 0.0118. The molecule has 8 rings (SSSR count). The van der Waals surface area contributed by atoms with Crippen LogP contribution < -0.4 is 45.5 Å². The fourth-order valence-corrected chi connectivity index (χ4v) is 10.9. The first-order valence-electron chi connectivity index (χ1n) is 26.9. The number of aliphatic hydroxyl groups is 1. The van der Waals surface area contributed by atoms with E-state index < -0.39 is 131 Å². The van der Waals surface area contributed by atoms with Gasteiger partial charge in [0.2, 0.25) is 35.1 Å². The smallest absolute Gasteiger partial charge is 0.410 e. The molecule has 0 radical (unpaired) electrons. The number of aliphatic hydroxyl groups excluding tert-OH is 1. The van der Waals surface area contributed by atoms with Crippen molar-refractivity contribution in [3.63, 3.8) is 0 Å². The molecule has 7 bridgehead atoms. The molecule has 4 heterocycles. The van der Waals surface area contributed by atoms with Gasteiger partial charge in [-0.05, 0) is 132 Å². The molecular weight excluding hydrogens is 1220 g/mol. The third kappa shape index (κ3) is 15.5. The highest BCUT2D eigenvalue weighted by atomic mass is 79.9. The van der Waals surface area contributed by atoms with E-state index in [9.17, 15) is 44.5 Å². The maximum atomic E-state index is 15.5. The van der Waals surface area contributed by atoms with Gasteiger partial charge < -0.3 is 64.5 Å². The van der Waals surface area contributed by atoms with E-state index in [1.54, 1.807) is 40.7 Å². The number of fused-ring (bicyclic) bond motifs is 16. The van der Waals surface area contributed by atoms with Gasteiger partial charge in [-0.25, -0.2) is 9.59 Å². The van der Waals surface area contributed by atoms with E-state index in [4.69, 9.17) is 44.4 Å². The Morgan fingerprint density at radius 1 is 0.814 bits per heavy atom. The van der Waals surface area contributed by atoms with Crippen molar-refractivity contribution in [2.75, 3.05) is 28.4 Å². The Morgan fingerprint density at radius 2 is 1.40 bits per heavy atom. The summed E-state index contributed by atoms with van der Waals surface area (Å²) in [6, 6.07) is 4.53. The molecule has 4 aliphatic heterocycles. The molecule has 0 fully saturated rings. The second-order valence-corrected chi connectivity index (χ2v) is 29.3. The van der Waals surface area contributed by atoms with Crippen LogP contribution in [-0.2, 0) is 42.7 Å². The van der Waals surface area contributed by atoms with Crippen molar-refractivity contribution < 1.29 is 76.4 Å². The van der Waals surface area contributed by atoms with Crippen LogP contribution in [-0.4, -0.2) is 123 Å². The number of likely N-dealkylation sites (N-methyl/N-ethyl adjacent to an activating group) is 1. The van der Waals surface area contributed by atoms with Gasteiger partial charge in [0.15, 0.2) is 31.9 Å². The lowest BCUT2D eigenvalue weighted by Gasteiger charge is -2.41. The number of nitriles is 1. The first-order chi connectivity index (χ1) is 40.1. The third-order valence-corrected chi connectivity index (χ3v) is 19.8. The summed E-state index contributed by atoms with van der Waals surface area (Å²) in [6.45, 7) is 18.1. The summed E-state index contributed by atoms with van der Waals surface area (Å²) in [5, 5.41) is 47.8. The minimum Gasteiger partial charge on any atom is -0.496 e. The number of amides is 6. The number of rotatable bonds is 12. The van der Waals surface area contributed by atoms with Crippen molar-refractivity contribution in [2.45, 2.75) is 134 Å². The molecular formula is C58H70BrClN8O17Si. The molecule has 86 heavy (non-hydrogen) atoms. The van der Waals surface area contributed by atoms with Crippen LogP contribution in [0.4, 0.5) is 10.5 Å². The van der Waals surface area contributed by atoms with Crippen LogP contribution in [0.3, 0.4) is 0 Å². The van der Waals surface area contributed by atoms with Crippen molar-refractivity contribution in [1.29, 1.82) is 5.26 Å². The lowest BCUT2D eigenvalue weighted by atomic mass is 9.97. The average Bonchev–Trinajstić information content (AvgIpc) is 1.44. The number of nitro groups is 1. The van der Waals surface area contributed by atoms with Crippen molar-refractivity contribution in [2.24, 2.45) is 5.92 Å². The zero-order valence-corrected chi connectivity index (χ0v) is 53.2. The van der Waals surface area contributed by atoms with E-state index in [1.807, 2.05) is 33.9 Å². The Labute approximate surface area is 511 Å². The number of nitro benzene ring substituents is 1. The monoisotopic (exact) mass is 1290 g/mol. The molecule has 0 aliphatic carbocycles. The van der Waals surface area contributed by atoms with Gasteiger partial charge in [0.25, 0.3) is 5.91 Å². The number of hydrogen-bond donors (Lipinski definition) is 6. The first kappa shape index (κ1) is 67.1. The highest BCUT2D eigenvalue weighted by Gasteiger charge is 2.46. The number of ether oxygens (including phenoxy) is 6. The first-order valence-corrected chi connectivity index (χ1v) is 31.0. The van der Waals surface area contributed by atoms with Gasteiger partial charge in [-0.3, -0.25) is 39.0 Å². The fourth-order valence-electron chi connectivity index (χ4n) is 8.90. The molecule has 0 unspecified atom stereocenters. The van der Waals surface area contributed by atoms with E-state index in [2.05, 4.69) is 42.5 Å². The maximum Gasteiger partial charge on any atom is 0.410 e. The van der Waals surface area contributed by atoms with Crippen LogP contribution in [0.15, 0.2) is 71.2 Å². The molecule has 8 atom stereocenters. The Balaban J connectivity index is 1.63. The van der Waals surface area contributed by atoms with Crippen LogP contribution in [0, 0.1) is 27.4 Å². The van der Waals surface area contributed by atoms with Crippen LogP contribution in [0.25, 0.3) is 0 Å². The highest BCUT2D eigenvalue weighted by Crippen LogP contribution is 2.48. The quantitative estimate of drug-likeness (QED) is 0.0337. The largest absolute Gasteiger partial charge is 0.496 e. The second-order valence-electron chi connectivity index (χ2n) is 23.3. The molecule has 6 N–H and O–H groups in total. The number of carbonyl (C=O) groups excluding carboxylic acids is 7. The summed E-state index contributed by atoms with van der Waals surface area (Å²) >= 11 is 10.5. The molecule has 0 aromatic heterocycles. The molecule has 0 saturated heterocycles. The third-order valence-electron chi connectivity index (χ3n) is 14.4. The lowest BCUT2D eigenvalue weighted by molar-refractivity contribution is -0.385. The van der Waals surface area contributed by atoms with Gasteiger partial charge in [0, 0.05) is 13.1 Å². The second kappa shape index (κ2) is 27.1. The number of carbonyl (C=O) groups is 7. The topological polar surface area (TPSA) is 335 Å². The van der Waals surface area contributed by atoms with Crippen LogP contribution in [0.1, 0.15) is 108 Å². The maximum absolute atomic E-state index is 15.5. The molecule has 4 aliphatic rings. The Morgan fingerprint density at radius 3 is 1.94 bits per heavy atom. The van der Waals surface area contributed by atoms with Crippen molar-refractivity contribution in [3.05, 3.63) is 109 Å². The average molecular weight is 1290 g/mol. The predicted octanol–water partition coefficient (Wildman–Crippen LogP) is 8.18. The molecule has 4 aromatic rings. The summed E-state index contributed by atoms with van der Waals surface area (Å²) in [7, 11) is 2.07. The van der Waals surface area contributed by atoms with E-state index in [1.165, 1.54) is 63.7 Å². The van der Waals surface area contributed by atoms with Gasteiger partial charge in [-0.2, -0.15) is 5.26 Å². The summed E-state index contributed by atoms with van der Waals surface area (Å²) in [5.74, 6) is -8.52. The Kier molecular flexibility index (Phi) is 21.2. The number of methoxy groups -OCH3 is 3. The molecule has 6 amide bonds. The SMILES string of the molecule is COC(=O)[C@H]1NC(=O)[C@@H](c2ccc(OC)c(Br)c2)NC(=O)[C@@H]2NC(=O)[C@H](C#N)NC(=O)[C@H](NC(=O)[C@@H](CC(C)C)N(C)C(=O)OC(C)(C)C)[C@H](O)c3ccc(c([N+](=O)[O-])c3)Oc3cc2cc(c3OC)Oc2ccc(cc2Cl)[C@H]1O[Si](C)(C)C(C)(C)C. The predicted molar refractivity (Wildman–Crippen MR) is 317 cm³/mol. The van der Waals surface area contributed by atoms with Gasteiger partial charge in [-0.1, -0.05) is 64.4 Å². The molecule has 28 heteroatoms. The van der Waals surface area contributed by atoms with E-state index >= 15 is 9.59 Å². The van der Waals surface area contributed by atoms with Crippen LogP contribution in [0.5, 0.6) is 34.5 Å². The summed E-state index contributed by atoms with van der Waals surface area (Å²) in [6.07, 6.45) is -4.45. The lowest BCUT2D eigenvalue weighted by Crippen LogP contribution is -2.59. The van der Waals surface area contributed by atoms with E-state index in [0.29, 0.717) is 10.2 Å². The summed E-state index contributed by atoms with van der Waals surface area (Å²) in [5.41, 5.74) is -2.09. The Hall–Kier alpha value is -8.03. The van der Waals surface area contributed by atoms with Gasteiger partial charge in [0.1, 0.15) is 53.5 Å². The molecule has 462 valence electrons. The number of benzene rings is 4. The minimum atomic E-state index is -2.93. The number of hydrogen-bond acceptors (Lipinski definition) is 18. The highest BCUT2D eigenvalue weighted by molar-refractivity contribution is 9.10. The van der Waals surface area contributed by atoms with Gasteiger partial charge in [0.05, 0.1) is 41.8 Å². The van der Waals surface area contributed by atoms with Gasteiger partial charge >= 0.3 is 17.7 Å². The van der Waals surface area contributed by atoms with E-state index in [-0.39, 0.29) is 56.9 Å². The zero-order valence-electron chi connectivity index (χ0n) is 49.8. The van der Waals surface area contributed by atoms with Crippen molar-refractivity contribution in [1.82, 2.24) is 31.5 Å². The number of esters is 1. The van der Waals surface area contributed by atoms with E-state index in [0.717, 1.165) is 36.3 Å². The molecule has 0 saturated carbocycles. The number of nitrogens with one attached hydrogen (secondary N) is 5. The van der Waals surface area contributed by atoms with Gasteiger partial charge in [-0.15, -0.1) is 0 Å². The number of nitrogens with zero attached hydrogens (tertiary/aromatic N) is 3. The zero-order chi connectivity index (χ0) is 64.1. The number of halogens is 2.